The summed E-state index contributed by atoms with van der Waals surface area (Å²) < 4.78 is 10.9. The lowest BCUT2D eigenvalue weighted by Crippen LogP contribution is -2.25. The fourth-order valence-electron chi connectivity index (χ4n) is 1.36. The van der Waals surface area contributed by atoms with Crippen molar-refractivity contribution in [2.45, 2.75) is 39.0 Å². The van der Waals surface area contributed by atoms with Gasteiger partial charge in [-0.25, -0.2) is 0 Å². The molecule has 0 amide bonds. The van der Waals surface area contributed by atoms with E-state index in [2.05, 4.69) is 0 Å². The number of ether oxygens (including phenoxy) is 2. The van der Waals surface area contributed by atoms with E-state index in [0.29, 0.717) is 11.5 Å². The monoisotopic (exact) mass is 239 g/mol. The molecule has 0 saturated carbocycles. The summed E-state index contributed by atoms with van der Waals surface area (Å²) in [4.78, 5) is 0. The Morgan fingerprint density at radius 3 is 2.29 bits per heavy atom. The van der Waals surface area contributed by atoms with E-state index >= 15 is 0 Å². The van der Waals surface area contributed by atoms with Crippen molar-refractivity contribution in [3.8, 4) is 11.5 Å². The summed E-state index contributed by atoms with van der Waals surface area (Å²) in [7, 11) is 1.58. The Morgan fingerprint density at radius 1 is 1.18 bits per heavy atom. The van der Waals surface area contributed by atoms with Gasteiger partial charge in [0.25, 0.3) is 0 Å². The van der Waals surface area contributed by atoms with Gasteiger partial charge in [-0.2, -0.15) is 0 Å². The maximum Gasteiger partial charge on any atom is 0.161 e. The first-order chi connectivity index (χ1) is 7.95. The van der Waals surface area contributed by atoms with E-state index in [1.165, 1.54) is 0 Å². The predicted molar refractivity (Wildman–Crippen MR) is 67.4 cm³/mol. The van der Waals surface area contributed by atoms with Crippen molar-refractivity contribution >= 4 is 0 Å². The Hall–Kier alpha value is -1.26. The normalized spacial score (nSPS) is 16.1. The van der Waals surface area contributed by atoms with Crippen molar-refractivity contribution in [2.24, 2.45) is 5.73 Å². The van der Waals surface area contributed by atoms with Crippen LogP contribution in [0.4, 0.5) is 0 Å². The van der Waals surface area contributed by atoms with Crippen molar-refractivity contribution in [3.63, 3.8) is 0 Å². The van der Waals surface area contributed by atoms with Gasteiger partial charge in [-0.15, -0.1) is 0 Å². The Labute approximate surface area is 102 Å². The molecule has 1 rings (SSSR count). The van der Waals surface area contributed by atoms with E-state index in [4.69, 9.17) is 15.2 Å². The Morgan fingerprint density at radius 2 is 1.82 bits per heavy atom. The summed E-state index contributed by atoms with van der Waals surface area (Å²) in [5.41, 5.74) is 6.79. The van der Waals surface area contributed by atoms with Crippen LogP contribution in [0.1, 0.15) is 32.4 Å². The van der Waals surface area contributed by atoms with Crippen molar-refractivity contribution in [1.29, 1.82) is 0 Å². The van der Waals surface area contributed by atoms with Crippen LogP contribution >= 0.6 is 0 Å². The van der Waals surface area contributed by atoms with Gasteiger partial charge in [-0.3, -0.25) is 0 Å². The van der Waals surface area contributed by atoms with Crippen molar-refractivity contribution < 1.29 is 14.6 Å². The average Bonchev–Trinajstić information content (AvgIpc) is 2.28. The van der Waals surface area contributed by atoms with Gasteiger partial charge in [0, 0.05) is 6.04 Å². The van der Waals surface area contributed by atoms with Gasteiger partial charge in [0.2, 0.25) is 0 Å². The summed E-state index contributed by atoms with van der Waals surface area (Å²) in [6.07, 6.45) is -0.821. The van der Waals surface area contributed by atoms with Crippen LogP contribution in [0.3, 0.4) is 0 Å². The molecule has 0 fully saturated rings. The minimum absolute atomic E-state index is 0.0489. The van der Waals surface area contributed by atoms with Crippen molar-refractivity contribution in [3.05, 3.63) is 23.8 Å². The summed E-state index contributed by atoms with van der Waals surface area (Å²) in [6, 6.07) is 5.52. The summed E-state index contributed by atoms with van der Waals surface area (Å²) in [5, 5.41) is 9.40. The molecule has 0 saturated heterocycles. The SMILES string of the molecule is COc1cc([C@@H](C)N)ccc1OC(C)C(C)O. The third-order valence-corrected chi connectivity index (χ3v) is 2.71. The molecule has 0 aliphatic heterocycles. The van der Waals surface area contributed by atoms with E-state index in [1.807, 2.05) is 32.0 Å². The van der Waals surface area contributed by atoms with Crippen LogP contribution in [-0.2, 0) is 0 Å². The highest BCUT2D eigenvalue weighted by Gasteiger charge is 2.14. The standard InChI is InChI=1S/C13H21NO3/c1-8(14)11-5-6-12(13(7-11)16-4)17-10(3)9(2)15/h5-10,15H,14H2,1-4H3/t8-,9?,10?/m1/s1. The number of benzene rings is 1. The van der Waals surface area contributed by atoms with Crippen LogP contribution in [0.2, 0.25) is 0 Å². The van der Waals surface area contributed by atoms with Crippen molar-refractivity contribution in [2.75, 3.05) is 7.11 Å². The van der Waals surface area contributed by atoms with E-state index in [-0.39, 0.29) is 12.1 Å². The van der Waals surface area contributed by atoms with Gasteiger partial charge in [0.15, 0.2) is 11.5 Å². The largest absolute Gasteiger partial charge is 0.493 e. The second-order valence-electron chi connectivity index (χ2n) is 4.26. The quantitative estimate of drug-likeness (QED) is 0.823. The van der Waals surface area contributed by atoms with E-state index < -0.39 is 6.10 Å². The number of hydrogen-bond acceptors (Lipinski definition) is 4. The fourth-order valence-corrected chi connectivity index (χ4v) is 1.36. The van der Waals surface area contributed by atoms with Crippen LogP contribution in [0.15, 0.2) is 18.2 Å². The van der Waals surface area contributed by atoms with E-state index in [1.54, 1.807) is 14.0 Å². The van der Waals surface area contributed by atoms with Crippen LogP contribution in [0.25, 0.3) is 0 Å². The van der Waals surface area contributed by atoms with Crippen LogP contribution in [0, 0.1) is 0 Å². The number of rotatable bonds is 5. The molecular weight excluding hydrogens is 218 g/mol. The highest BCUT2D eigenvalue weighted by molar-refractivity contribution is 5.43. The first-order valence-corrected chi connectivity index (χ1v) is 5.74. The smallest absolute Gasteiger partial charge is 0.161 e. The fraction of sp³-hybridized carbons (Fsp3) is 0.538. The number of hydrogen-bond donors (Lipinski definition) is 2. The second-order valence-corrected chi connectivity index (χ2v) is 4.26. The lowest BCUT2D eigenvalue weighted by molar-refractivity contribution is 0.0586. The Balaban J connectivity index is 2.93. The molecule has 0 spiro atoms. The summed E-state index contributed by atoms with van der Waals surface area (Å²) in [5.74, 6) is 1.25. The van der Waals surface area contributed by atoms with Crippen LogP contribution in [0.5, 0.6) is 11.5 Å². The highest BCUT2D eigenvalue weighted by atomic mass is 16.5. The third kappa shape index (κ3) is 3.61. The van der Waals surface area contributed by atoms with Gasteiger partial charge in [0.05, 0.1) is 13.2 Å². The molecule has 3 atom stereocenters. The molecule has 4 nitrogen and oxygen atoms in total. The molecule has 96 valence electrons. The Kier molecular flexibility index (Phi) is 4.78. The molecule has 0 heterocycles. The maximum atomic E-state index is 9.40. The topological polar surface area (TPSA) is 64.7 Å². The maximum absolute atomic E-state index is 9.40. The average molecular weight is 239 g/mol. The van der Waals surface area contributed by atoms with Crippen LogP contribution in [-0.4, -0.2) is 24.4 Å². The number of aliphatic hydroxyl groups is 1. The van der Waals surface area contributed by atoms with E-state index in [0.717, 1.165) is 5.56 Å². The van der Waals surface area contributed by atoms with Crippen LogP contribution < -0.4 is 15.2 Å². The molecule has 0 aromatic heterocycles. The highest BCUT2D eigenvalue weighted by Crippen LogP contribution is 2.30. The molecule has 0 aliphatic rings. The number of methoxy groups -OCH3 is 1. The predicted octanol–water partition coefficient (Wildman–Crippen LogP) is 1.86. The van der Waals surface area contributed by atoms with Crippen molar-refractivity contribution in [1.82, 2.24) is 0 Å². The first kappa shape index (κ1) is 13.8. The molecule has 17 heavy (non-hydrogen) atoms. The van der Waals surface area contributed by atoms with Gasteiger partial charge in [-0.1, -0.05) is 6.07 Å². The molecule has 4 heteroatoms. The Bertz CT molecular complexity index is 364. The zero-order chi connectivity index (χ0) is 13.0. The van der Waals surface area contributed by atoms with E-state index in [9.17, 15) is 5.11 Å². The molecule has 0 aliphatic carbocycles. The van der Waals surface area contributed by atoms with Gasteiger partial charge < -0.3 is 20.3 Å². The lowest BCUT2D eigenvalue weighted by Gasteiger charge is -2.19. The molecule has 3 N–H and O–H groups in total. The minimum atomic E-state index is -0.534. The molecule has 0 bridgehead atoms. The molecule has 2 unspecified atom stereocenters. The number of nitrogens with two attached hydrogens (primary N) is 1. The number of aliphatic hydroxyl groups excluding tert-OH is 1. The zero-order valence-corrected chi connectivity index (χ0v) is 10.8. The summed E-state index contributed by atoms with van der Waals surface area (Å²) in [6.45, 7) is 5.41. The molecule has 0 radical (unpaired) electrons. The van der Waals surface area contributed by atoms with Gasteiger partial charge in [0.1, 0.15) is 6.10 Å². The third-order valence-electron chi connectivity index (χ3n) is 2.71. The second kappa shape index (κ2) is 5.89. The molecular formula is C13H21NO3. The first-order valence-electron chi connectivity index (χ1n) is 5.74. The summed E-state index contributed by atoms with van der Waals surface area (Å²) >= 11 is 0. The van der Waals surface area contributed by atoms with Gasteiger partial charge in [-0.05, 0) is 38.5 Å². The molecule has 1 aromatic carbocycles. The molecule has 1 aromatic rings. The zero-order valence-electron chi connectivity index (χ0n) is 10.8. The minimum Gasteiger partial charge on any atom is -0.493 e. The van der Waals surface area contributed by atoms with Gasteiger partial charge >= 0.3 is 0 Å². The lowest BCUT2D eigenvalue weighted by atomic mass is 10.1.